The molecule has 0 aliphatic rings. The van der Waals surface area contributed by atoms with Crippen molar-refractivity contribution >= 4 is 35.1 Å². The van der Waals surface area contributed by atoms with E-state index in [1.807, 2.05) is 0 Å². The number of nitrogens with one attached hydrogen (secondary N) is 1. The molecule has 1 amide bonds. The number of nitrogens with zero attached hydrogens (tertiary/aromatic N) is 5. The van der Waals surface area contributed by atoms with Gasteiger partial charge in [-0.05, 0) is 30.3 Å². The summed E-state index contributed by atoms with van der Waals surface area (Å²) in [7, 11) is 0. The summed E-state index contributed by atoms with van der Waals surface area (Å²) >= 11 is 11.9. The van der Waals surface area contributed by atoms with Crippen LogP contribution >= 0.6 is 23.2 Å². The van der Waals surface area contributed by atoms with Crippen LogP contribution in [0.1, 0.15) is 10.5 Å². The highest BCUT2D eigenvalue weighted by Crippen LogP contribution is 2.24. The Balaban J connectivity index is 1.48. The molecule has 0 aliphatic heterocycles. The van der Waals surface area contributed by atoms with Crippen molar-refractivity contribution in [1.82, 2.24) is 24.7 Å². The fourth-order valence-corrected chi connectivity index (χ4v) is 2.79. The number of amides is 1. The van der Waals surface area contributed by atoms with Crippen LogP contribution in [0.4, 0.5) is 10.3 Å². The summed E-state index contributed by atoms with van der Waals surface area (Å²) in [5.74, 6) is -0.853. The van der Waals surface area contributed by atoms with Gasteiger partial charge < -0.3 is 0 Å². The zero-order valence-corrected chi connectivity index (χ0v) is 16.1. The van der Waals surface area contributed by atoms with E-state index in [0.29, 0.717) is 26.9 Å². The number of carbonyl (C=O) groups is 1. The molecule has 0 radical (unpaired) electrons. The second-order valence-electron chi connectivity index (χ2n) is 5.89. The van der Waals surface area contributed by atoms with Gasteiger partial charge in [0.15, 0.2) is 5.69 Å². The van der Waals surface area contributed by atoms with E-state index in [0.717, 1.165) is 6.20 Å². The predicted octanol–water partition coefficient (Wildman–Crippen LogP) is 4.42. The number of pyridine rings is 1. The van der Waals surface area contributed by atoms with E-state index in [9.17, 15) is 9.18 Å². The van der Waals surface area contributed by atoms with Crippen molar-refractivity contribution in [2.24, 2.45) is 0 Å². The van der Waals surface area contributed by atoms with Crippen LogP contribution in [0, 0.1) is 5.82 Å². The second-order valence-corrected chi connectivity index (χ2v) is 6.70. The number of rotatable bonds is 4. The van der Waals surface area contributed by atoms with Crippen molar-refractivity contribution in [3.05, 3.63) is 82.9 Å². The number of carbonyl (C=O) groups excluding carboxylic acids is 1. The van der Waals surface area contributed by atoms with Gasteiger partial charge in [-0.2, -0.15) is 5.10 Å². The molecule has 0 unspecified atom stereocenters. The van der Waals surface area contributed by atoms with E-state index in [-0.39, 0.29) is 11.6 Å². The molecule has 0 aliphatic carbocycles. The lowest BCUT2D eigenvalue weighted by Gasteiger charge is -2.04. The number of aromatic nitrogens is 5. The van der Waals surface area contributed by atoms with Crippen molar-refractivity contribution in [2.75, 3.05) is 5.32 Å². The van der Waals surface area contributed by atoms with E-state index in [1.165, 1.54) is 29.3 Å². The maximum atomic E-state index is 13.3. The average Bonchev–Trinajstić information content (AvgIpc) is 3.21. The molecule has 3 aromatic heterocycles. The summed E-state index contributed by atoms with van der Waals surface area (Å²) in [5, 5.41) is 7.59. The van der Waals surface area contributed by atoms with Gasteiger partial charge in [-0.15, -0.1) is 0 Å². The van der Waals surface area contributed by atoms with E-state index in [2.05, 4.69) is 25.4 Å². The van der Waals surface area contributed by atoms with Gasteiger partial charge in [0.1, 0.15) is 5.82 Å². The summed E-state index contributed by atoms with van der Waals surface area (Å²) in [5.41, 5.74) is 1.92. The Morgan fingerprint density at radius 2 is 1.76 bits per heavy atom. The van der Waals surface area contributed by atoms with Crippen LogP contribution in [0.3, 0.4) is 0 Å². The van der Waals surface area contributed by atoms with Gasteiger partial charge in [0, 0.05) is 35.9 Å². The molecule has 0 saturated carbocycles. The zero-order valence-electron chi connectivity index (χ0n) is 14.6. The first-order valence-electron chi connectivity index (χ1n) is 8.25. The molecule has 0 spiro atoms. The first-order chi connectivity index (χ1) is 14.0. The van der Waals surface area contributed by atoms with Gasteiger partial charge in [-0.25, -0.2) is 19.0 Å². The van der Waals surface area contributed by atoms with E-state index in [4.69, 9.17) is 23.2 Å². The molecule has 7 nitrogen and oxygen atoms in total. The Labute approximate surface area is 174 Å². The molecule has 4 aromatic rings. The Morgan fingerprint density at radius 1 is 0.966 bits per heavy atom. The summed E-state index contributed by atoms with van der Waals surface area (Å²) < 4.78 is 14.8. The largest absolute Gasteiger partial charge is 0.289 e. The molecular weight excluding hydrogens is 418 g/mol. The molecule has 0 fully saturated rings. The highest BCUT2D eigenvalue weighted by Gasteiger charge is 2.13. The smallest absolute Gasteiger partial charge is 0.278 e. The predicted molar refractivity (Wildman–Crippen MR) is 107 cm³/mol. The van der Waals surface area contributed by atoms with Gasteiger partial charge in [-0.1, -0.05) is 23.2 Å². The van der Waals surface area contributed by atoms with Crippen LogP contribution < -0.4 is 5.32 Å². The lowest BCUT2D eigenvalue weighted by molar-refractivity contribution is 0.102. The second kappa shape index (κ2) is 7.94. The third kappa shape index (κ3) is 4.23. The summed E-state index contributed by atoms with van der Waals surface area (Å²) in [6.07, 6.45) is 7.15. The molecule has 0 saturated heterocycles. The normalized spacial score (nSPS) is 10.7. The summed E-state index contributed by atoms with van der Waals surface area (Å²) in [6.45, 7) is 0. The standard InChI is InChI=1S/C19H11Cl2FN6O/c20-15-2-1-14(6-16(15)21)28-4-3-17(27-28)18(29)26-19-24-8-12(9-25-19)11-5-13(22)10-23-7-11/h1-10H,(H,24,25,26,29). The van der Waals surface area contributed by atoms with Crippen molar-refractivity contribution in [1.29, 1.82) is 0 Å². The maximum absolute atomic E-state index is 13.3. The molecule has 0 atom stereocenters. The van der Waals surface area contributed by atoms with E-state index < -0.39 is 11.7 Å². The van der Waals surface area contributed by atoms with Crippen LogP contribution in [0.5, 0.6) is 0 Å². The molecule has 29 heavy (non-hydrogen) atoms. The van der Waals surface area contributed by atoms with Crippen LogP contribution in [0.15, 0.2) is 61.3 Å². The molecule has 0 bridgehead atoms. The Morgan fingerprint density at radius 3 is 2.48 bits per heavy atom. The van der Waals surface area contributed by atoms with Crippen LogP contribution in [-0.4, -0.2) is 30.6 Å². The summed E-state index contributed by atoms with van der Waals surface area (Å²) in [4.78, 5) is 24.3. The number of halogens is 3. The fourth-order valence-electron chi connectivity index (χ4n) is 2.49. The lowest BCUT2D eigenvalue weighted by Crippen LogP contribution is -2.15. The quantitative estimate of drug-likeness (QED) is 0.519. The molecule has 1 N–H and O–H groups in total. The molecule has 1 aromatic carbocycles. The van der Waals surface area contributed by atoms with E-state index >= 15 is 0 Å². The maximum Gasteiger partial charge on any atom is 0.278 e. The minimum atomic E-state index is -0.482. The first-order valence-corrected chi connectivity index (χ1v) is 9.00. The average molecular weight is 429 g/mol. The van der Waals surface area contributed by atoms with Crippen LogP contribution in [0.2, 0.25) is 10.0 Å². The van der Waals surface area contributed by atoms with Gasteiger partial charge in [0.05, 0.1) is 21.9 Å². The van der Waals surface area contributed by atoms with Gasteiger partial charge >= 0.3 is 0 Å². The minimum absolute atomic E-state index is 0.0900. The Kier molecular flexibility index (Phi) is 5.20. The molecule has 3 heterocycles. The van der Waals surface area contributed by atoms with Gasteiger partial charge in [0.2, 0.25) is 5.95 Å². The van der Waals surface area contributed by atoms with E-state index in [1.54, 1.807) is 30.5 Å². The SMILES string of the molecule is O=C(Nc1ncc(-c2cncc(F)c2)cn1)c1ccn(-c2ccc(Cl)c(Cl)c2)n1. The number of hydrogen-bond acceptors (Lipinski definition) is 5. The van der Waals surface area contributed by atoms with Crippen LogP contribution in [0.25, 0.3) is 16.8 Å². The fraction of sp³-hybridized carbons (Fsp3) is 0. The van der Waals surface area contributed by atoms with Gasteiger partial charge in [-0.3, -0.25) is 15.1 Å². The highest BCUT2D eigenvalue weighted by molar-refractivity contribution is 6.42. The van der Waals surface area contributed by atoms with Crippen molar-refractivity contribution < 1.29 is 9.18 Å². The minimum Gasteiger partial charge on any atom is -0.289 e. The Bertz CT molecular complexity index is 1200. The lowest BCUT2D eigenvalue weighted by atomic mass is 10.1. The van der Waals surface area contributed by atoms with Crippen LogP contribution in [-0.2, 0) is 0 Å². The molecular formula is C19H11Cl2FN6O. The van der Waals surface area contributed by atoms with Crippen molar-refractivity contribution in [3.63, 3.8) is 0 Å². The van der Waals surface area contributed by atoms with Crippen molar-refractivity contribution in [2.45, 2.75) is 0 Å². The topological polar surface area (TPSA) is 85.6 Å². The van der Waals surface area contributed by atoms with Gasteiger partial charge in [0.25, 0.3) is 5.91 Å². The third-order valence-corrected chi connectivity index (χ3v) is 4.64. The first kappa shape index (κ1) is 19.0. The molecule has 144 valence electrons. The molecule has 10 heteroatoms. The zero-order chi connectivity index (χ0) is 20.4. The molecule has 4 rings (SSSR count). The number of hydrogen-bond donors (Lipinski definition) is 1. The van der Waals surface area contributed by atoms with Crippen molar-refractivity contribution in [3.8, 4) is 16.8 Å². The number of benzene rings is 1. The summed E-state index contributed by atoms with van der Waals surface area (Å²) in [6, 6.07) is 7.88. The monoisotopic (exact) mass is 428 g/mol. The number of anilines is 1. The highest BCUT2D eigenvalue weighted by atomic mass is 35.5. The Hall–Kier alpha value is -3.36. The third-order valence-electron chi connectivity index (χ3n) is 3.90.